The van der Waals surface area contributed by atoms with Crippen molar-refractivity contribution >= 4 is 52.1 Å². The number of pyridine rings is 1. The van der Waals surface area contributed by atoms with E-state index in [-0.39, 0.29) is 50.9 Å². The van der Waals surface area contributed by atoms with E-state index in [2.05, 4.69) is 4.98 Å². The molecule has 1 N–H and O–H groups in total. The molecule has 0 aromatic carbocycles. The van der Waals surface area contributed by atoms with Gasteiger partial charge in [-0.2, -0.15) is 26.3 Å². The summed E-state index contributed by atoms with van der Waals surface area (Å²) < 4.78 is 88.9. The van der Waals surface area contributed by atoms with Crippen molar-refractivity contribution in [2.24, 2.45) is 0 Å². The Balaban J connectivity index is 1.65. The monoisotopic (exact) mass is 709 g/mol. The Morgan fingerprint density at radius 3 is 2.50 bits per heavy atom. The molecular weight excluding hydrogens is 684 g/mol. The highest BCUT2D eigenvalue weighted by molar-refractivity contribution is 7.16. The van der Waals surface area contributed by atoms with Gasteiger partial charge in [-0.3, -0.25) is 14.6 Å². The number of carboxylic acid groups (broad SMARTS) is 1. The average Bonchev–Trinajstić information content (AvgIpc) is 3.62. The summed E-state index contributed by atoms with van der Waals surface area (Å²) in [6.07, 6.45) is -8.32. The molecule has 8 nitrogen and oxygen atoms in total. The maximum Gasteiger partial charge on any atom is 0.425 e. The highest BCUT2D eigenvalue weighted by Crippen LogP contribution is 2.45. The molecule has 1 fully saturated rings. The van der Waals surface area contributed by atoms with E-state index in [1.165, 1.54) is 0 Å². The van der Waals surface area contributed by atoms with E-state index in [0.717, 1.165) is 38.8 Å². The first-order valence-electron chi connectivity index (χ1n) is 14.1. The smallest absolute Gasteiger partial charge is 0.425 e. The third kappa shape index (κ3) is 6.30. The molecule has 0 aliphatic carbocycles. The fourth-order valence-electron chi connectivity index (χ4n) is 6.13. The van der Waals surface area contributed by atoms with Crippen LogP contribution in [0.2, 0.25) is 4.34 Å². The van der Waals surface area contributed by atoms with Gasteiger partial charge in [0.15, 0.2) is 6.04 Å². The fourth-order valence-corrected chi connectivity index (χ4v) is 8.23. The van der Waals surface area contributed by atoms with E-state index in [4.69, 9.17) is 16.3 Å². The first-order chi connectivity index (χ1) is 21.6. The number of likely N-dealkylation sites (tertiary alicyclic amines) is 1. The average molecular weight is 710 g/mol. The largest absolute Gasteiger partial charge is 0.479 e. The molecule has 0 bridgehead atoms. The molecule has 2 aliphatic rings. The number of carbonyl (C=O) groups excluding carboxylic acids is 2. The van der Waals surface area contributed by atoms with Crippen LogP contribution >= 0.6 is 34.3 Å². The van der Waals surface area contributed by atoms with Crippen LogP contribution in [-0.4, -0.2) is 62.4 Å². The molecule has 0 radical (unpaired) electrons. The number of rotatable bonds is 7. The second kappa shape index (κ2) is 12.7. The number of carbonyl (C=O) groups is 3. The SMILES string of the molecule is CCC[C@H]1N(C(=O)c2ncccc2C(F)(F)F)CCC[C@@]1(Oc1csc(C(F)(F)F)c1)C(=O)N1CCc2cc(Cl)sc2C1C(=O)O. The van der Waals surface area contributed by atoms with Crippen molar-refractivity contribution in [3.05, 3.63) is 66.8 Å². The number of piperidine rings is 1. The zero-order valence-corrected chi connectivity index (χ0v) is 26.3. The maximum absolute atomic E-state index is 14.8. The minimum atomic E-state index is -4.94. The molecular formula is C29H26ClF6N3O5S2. The zero-order chi connectivity index (χ0) is 33.6. The van der Waals surface area contributed by atoms with E-state index in [1.54, 1.807) is 13.0 Å². The number of carboxylic acids is 1. The van der Waals surface area contributed by atoms with Crippen molar-refractivity contribution in [3.63, 3.8) is 0 Å². The Morgan fingerprint density at radius 1 is 1.13 bits per heavy atom. The highest BCUT2D eigenvalue weighted by Gasteiger charge is 2.58. The second-order valence-electron chi connectivity index (χ2n) is 10.9. The van der Waals surface area contributed by atoms with Gasteiger partial charge in [-0.05, 0) is 43.0 Å². The minimum Gasteiger partial charge on any atom is -0.479 e. The van der Waals surface area contributed by atoms with Gasteiger partial charge >= 0.3 is 18.3 Å². The number of hydrogen-bond acceptors (Lipinski definition) is 7. The number of halogens is 7. The van der Waals surface area contributed by atoms with Gasteiger partial charge in [0.25, 0.3) is 11.8 Å². The van der Waals surface area contributed by atoms with Crippen LogP contribution in [0, 0.1) is 0 Å². The van der Waals surface area contributed by atoms with E-state index < -0.39 is 64.0 Å². The molecule has 3 aromatic rings. The van der Waals surface area contributed by atoms with Crippen molar-refractivity contribution < 1.29 is 50.6 Å². The summed E-state index contributed by atoms with van der Waals surface area (Å²) in [6.45, 7) is 1.46. The van der Waals surface area contributed by atoms with E-state index >= 15 is 0 Å². The lowest BCUT2D eigenvalue weighted by molar-refractivity contribution is -0.168. The Bertz CT molecular complexity index is 1640. The number of thiophene rings is 2. The molecule has 1 saturated heterocycles. The van der Waals surface area contributed by atoms with Gasteiger partial charge in [-0.1, -0.05) is 24.9 Å². The highest BCUT2D eigenvalue weighted by atomic mass is 35.5. The number of nitrogens with zero attached hydrogens (tertiary/aromatic N) is 3. The molecule has 5 rings (SSSR count). The first kappa shape index (κ1) is 34.0. The number of aromatic nitrogens is 1. The summed E-state index contributed by atoms with van der Waals surface area (Å²) in [7, 11) is 0. The second-order valence-corrected chi connectivity index (χ2v) is 13.5. The van der Waals surface area contributed by atoms with Crippen molar-refractivity contribution in [2.75, 3.05) is 13.1 Å². The fraction of sp³-hybridized carbons (Fsp3) is 0.448. The molecule has 1 unspecified atom stereocenters. The quantitative estimate of drug-likeness (QED) is 0.258. The summed E-state index contributed by atoms with van der Waals surface area (Å²) in [5, 5.41) is 11.3. The Labute approximate surface area is 271 Å². The minimum absolute atomic E-state index is 0.00377. The number of ether oxygens (including phenoxy) is 1. The molecule has 3 atom stereocenters. The molecule has 0 saturated carbocycles. The number of alkyl halides is 6. The topological polar surface area (TPSA) is 100 Å². The lowest BCUT2D eigenvalue weighted by atomic mass is 9.79. The van der Waals surface area contributed by atoms with Crippen molar-refractivity contribution in [1.82, 2.24) is 14.8 Å². The Kier molecular flexibility index (Phi) is 9.36. The Hall–Kier alpha value is -3.37. The summed E-state index contributed by atoms with van der Waals surface area (Å²) in [4.78, 5) is 46.4. The summed E-state index contributed by atoms with van der Waals surface area (Å²) in [6, 6.07) is 1.20. The van der Waals surface area contributed by atoms with Crippen LogP contribution in [-0.2, 0) is 28.4 Å². The van der Waals surface area contributed by atoms with Crippen LogP contribution in [0.25, 0.3) is 0 Å². The zero-order valence-electron chi connectivity index (χ0n) is 24.0. The van der Waals surface area contributed by atoms with E-state index in [0.29, 0.717) is 38.2 Å². The molecule has 46 heavy (non-hydrogen) atoms. The summed E-state index contributed by atoms with van der Waals surface area (Å²) >= 11 is 7.45. The third-order valence-electron chi connectivity index (χ3n) is 8.01. The lowest BCUT2D eigenvalue weighted by Crippen LogP contribution is -2.69. The molecule has 2 amide bonds. The number of hydrogen-bond donors (Lipinski definition) is 1. The Morgan fingerprint density at radius 2 is 1.87 bits per heavy atom. The number of fused-ring (bicyclic) bond motifs is 1. The van der Waals surface area contributed by atoms with Crippen molar-refractivity contribution in [1.29, 1.82) is 0 Å². The van der Waals surface area contributed by atoms with Crippen LogP contribution < -0.4 is 4.74 Å². The van der Waals surface area contributed by atoms with Crippen LogP contribution in [0.4, 0.5) is 26.3 Å². The van der Waals surface area contributed by atoms with Gasteiger partial charge in [0.2, 0.25) is 5.60 Å². The maximum atomic E-state index is 14.8. The van der Waals surface area contributed by atoms with E-state index in [1.807, 2.05) is 0 Å². The molecule has 2 aliphatic heterocycles. The van der Waals surface area contributed by atoms with Gasteiger partial charge in [0, 0.05) is 42.0 Å². The van der Waals surface area contributed by atoms with Crippen LogP contribution in [0.3, 0.4) is 0 Å². The third-order valence-corrected chi connectivity index (χ3v) is 10.3. The van der Waals surface area contributed by atoms with Gasteiger partial charge in [-0.15, -0.1) is 22.7 Å². The van der Waals surface area contributed by atoms with Crippen LogP contribution in [0.1, 0.15) is 70.0 Å². The standard InChI is InChI=1S/C29H26ClF6N3O5S2/c1-2-5-18-27(44-16-13-19(45-14-16)29(34,35)36,26(43)39-11-7-15-12-20(30)46-23(15)22(39)25(41)42)8-4-10-38(18)24(40)21-17(28(31,32)33)6-3-9-37-21/h3,6,9,12-14,18,22H,2,4-5,7-8,10-11H2,1H3,(H,41,42)/t18-,22?,27+/m1/s1. The van der Waals surface area contributed by atoms with Crippen LogP contribution in [0.15, 0.2) is 35.8 Å². The summed E-state index contributed by atoms with van der Waals surface area (Å²) in [5.74, 6) is -3.80. The van der Waals surface area contributed by atoms with Crippen LogP contribution in [0.5, 0.6) is 5.75 Å². The van der Waals surface area contributed by atoms with Gasteiger partial charge in [-0.25, -0.2) is 4.79 Å². The number of aliphatic carboxylic acids is 1. The predicted octanol–water partition coefficient (Wildman–Crippen LogP) is 7.33. The molecule has 17 heteroatoms. The van der Waals surface area contributed by atoms with Crippen molar-refractivity contribution in [2.45, 2.75) is 69.1 Å². The van der Waals surface area contributed by atoms with Gasteiger partial charge in [0.1, 0.15) is 16.3 Å². The molecule has 248 valence electrons. The van der Waals surface area contributed by atoms with Gasteiger partial charge < -0.3 is 19.6 Å². The molecule has 3 aromatic heterocycles. The van der Waals surface area contributed by atoms with E-state index in [9.17, 15) is 45.8 Å². The van der Waals surface area contributed by atoms with Crippen molar-refractivity contribution in [3.8, 4) is 5.75 Å². The molecule has 0 spiro atoms. The normalized spacial score (nSPS) is 22.0. The van der Waals surface area contributed by atoms with Gasteiger partial charge in [0.05, 0.1) is 15.9 Å². The summed E-state index contributed by atoms with van der Waals surface area (Å²) in [5.41, 5.74) is -3.74. The molecule has 5 heterocycles. The first-order valence-corrected chi connectivity index (χ1v) is 16.2. The predicted molar refractivity (Wildman–Crippen MR) is 156 cm³/mol. The number of amides is 2. The lowest BCUT2D eigenvalue weighted by Gasteiger charge is -2.50.